The number of thiophene rings is 1. The molecule has 0 bridgehead atoms. The number of nitrogens with zero attached hydrogens (tertiary/aromatic N) is 1. The minimum atomic E-state index is -0.406. The van der Waals surface area contributed by atoms with Gasteiger partial charge in [-0.3, -0.25) is 4.79 Å². The molecule has 1 saturated heterocycles. The molecule has 0 spiro atoms. The molecule has 0 aromatic carbocycles. The molecule has 2 aromatic rings. The minimum Gasteiger partial charge on any atom is -0.490 e. The molecule has 0 N–H and O–H groups in total. The first-order chi connectivity index (χ1) is 11.6. The molecule has 6 heteroatoms. The Morgan fingerprint density at radius 3 is 2.83 bits per heavy atom. The van der Waals surface area contributed by atoms with Gasteiger partial charge in [0.15, 0.2) is 0 Å². The number of carbonyl (C=O) groups is 1. The zero-order valence-electron chi connectivity index (χ0n) is 13.4. The van der Waals surface area contributed by atoms with Crippen LogP contribution in [-0.2, 0) is 4.79 Å². The second-order valence-electron chi connectivity index (χ2n) is 5.71. The van der Waals surface area contributed by atoms with Crippen LogP contribution in [0.15, 0.2) is 44.9 Å². The Bertz CT molecular complexity index is 771. The molecule has 2 aromatic heterocycles. The molecule has 5 nitrogen and oxygen atoms in total. The fraction of sp³-hybridized carbons (Fsp3) is 0.333. The van der Waals surface area contributed by atoms with E-state index in [1.165, 1.54) is 6.07 Å². The van der Waals surface area contributed by atoms with Crippen LogP contribution in [0.1, 0.15) is 23.5 Å². The van der Waals surface area contributed by atoms with Gasteiger partial charge in [-0.2, -0.15) is 0 Å². The van der Waals surface area contributed by atoms with E-state index < -0.39 is 5.63 Å². The summed E-state index contributed by atoms with van der Waals surface area (Å²) in [5.41, 5.74) is -0.406. The van der Waals surface area contributed by atoms with Crippen molar-refractivity contribution in [2.24, 2.45) is 0 Å². The SMILES string of the molecule is Cc1cc(OC2CCN(C(=O)/C=C/c3cccs3)CC2)cc(=O)o1. The van der Waals surface area contributed by atoms with Crippen LogP contribution in [0.3, 0.4) is 0 Å². The van der Waals surface area contributed by atoms with E-state index in [2.05, 4.69) is 0 Å². The summed E-state index contributed by atoms with van der Waals surface area (Å²) in [4.78, 5) is 26.5. The molecular weight excluding hydrogens is 326 g/mol. The maximum atomic E-state index is 12.2. The van der Waals surface area contributed by atoms with Crippen LogP contribution in [-0.4, -0.2) is 30.0 Å². The van der Waals surface area contributed by atoms with E-state index in [-0.39, 0.29) is 12.0 Å². The van der Waals surface area contributed by atoms with Crippen molar-refractivity contribution >= 4 is 23.3 Å². The van der Waals surface area contributed by atoms with Crippen LogP contribution in [0.4, 0.5) is 0 Å². The third kappa shape index (κ3) is 4.35. The summed E-state index contributed by atoms with van der Waals surface area (Å²) in [7, 11) is 0. The second kappa shape index (κ2) is 7.49. The Kier molecular flexibility index (Phi) is 5.15. The third-order valence-electron chi connectivity index (χ3n) is 3.86. The molecule has 0 radical (unpaired) electrons. The van der Waals surface area contributed by atoms with Crippen molar-refractivity contribution in [2.45, 2.75) is 25.9 Å². The molecule has 0 saturated carbocycles. The Balaban J connectivity index is 1.52. The smallest absolute Gasteiger partial charge is 0.339 e. The molecule has 1 aliphatic heterocycles. The van der Waals surface area contributed by atoms with Gasteiger partial charge in [-0.15, -0.1) is 11.3 Å². The minimum absolute atomic E-state index is 0.0107. The molecule has 0 atom stereocenters. The lowest BCUT2D eigenvalue weighted by Crippen LogP contribution is -2.41. The predicted octanol–water partition coefficient (Wildman–Crippen LogP) is 3.09. The highest BCUT2D eigenvalue weighted by Crippen LogP contribution is 2.19. The van der Waals surface area contributed by atoms with Crippen molar-refractivity contribution in [3.05, 3.63) is 56.8 Å². The van der Waals surface area contributed by atoms with E-state index in [0.29, 0.717) is 24.6 Å². The number of ether oxygens (including phenoxy) is 1. The summed E-state index contributed by atoms with van der Waals surface area (Å²) in [6.45, 7) is 3.02. The van der Waals surface area contributed by atoms with Gasteiger partial charge in [-0.1, -0.05) is 6.07 Å². The summed E-state index contributed by atoms with van der Waals surface area (Å²) in [6, 6.07) is 7.01. The predicted molar refractivity (Wildman–Crippen MR) is 93.3 cm³/mol. The van der Waals surface area contributed by atoms with Crippen LogP contribution in [0.5, 0.6) is 5.75 Å². The highest BCUT2D eigenvalue weighted by atomic mass is 32.1. The van der Waals surface area contributed by atoms with Crippen LogP contribution in [0.2, 0.25) is 0 Å². The van der Waals surface area contributed by atoms with E-state index >= 15 is 0 Å². The Morgan fingerprint density at radius 2 is 2.17 bits per heavy atom. The molecule has 0 aliphatic carbocycles. The number of likely N-dealkylation sites (tertiary alicyclic amines) is 1. The van der Waals surface area contributed by atoms with Gasteiger partial charge < -0.3 is 14.1 Å². The van der Waals surface area contributed by atoms with Gasteiger partial charge in [0.2, 0.25) is 5.91 Å². The maximum Gasteiger partial charge on any atom is 0.339 e. The van der Waals surface area contributed by atoms with Crippen molar-refractivity contribution in [3.63, 3.8) is 0 Å². The normalized spacial score (nSPS) is 15.8. The number of rotatable bonds is 4. The van der Waals surface area contributed by atoms with Gasteiger partial charge in [0.25, 0.3) is 0 Å². The van der Waals surface area contributed by atoms with E-state index in [1.807, 2.05) is 28.5 Å². The molecule has 1 aliphatic rings. The van der Waals surface area contributed by atoms with Crippen molar-refractivity contribution in [3.8, 4) is 5.75 Å². The second-order valence-corrected chi connectivity index (χ2v) is 6.69. The van der Waals surface area contributed by atoms with Crippen molar-refractivity contribution in [2.75, 3.05) is 13.1 Å². The van der Waals surface area contributed by atoms with Crippen molar-refractivity contribution < 1.29 is 13.9 Å². The average molecular weight is 345 g/mol. The molecule has 1 amide bonds. The average Bonchev–Trinajstić information content (AvgIpc) is 3.06. The third-order valence-corrected chi connectivity index (χ3v) is 4.69. The van der Waals surface area contributed by atoms with E-state index in [1.54, 1.807) is 30.4 Å². The summed E-state index contributed by atoms with van der Waals surface area (Å²) in [5.74, 6) is 1.09. The van der Waals surface area contributed by atoms with Gasteiger partial charge in [0, 0.05) is 43.0 Å². The summed E-state index contributed by atoms with van der Waals surface area (Å²) >= 11 is 1.60. The van der Waals surface area contributed by atoms with Gasteiger partial charge in [-0.25, -0.2) is 4.79 Å². The van der Waals surface area contributed by atoms with Crippen LogP contribution >= 0.6 is 11.3 Å². The number of carbonyl (C=O) groups excluding carboxylic acids is 1. The van der Waals surface area contributed by atoms with Crippen molar-refractivity contribution in [1.82, 2.24) is 4.90 Å². The van der Waals surface area contributed by atoms with Crippen LogP contribution in [0.25, 0.3) is 6.08 Å². The van der Waals surface area contributed by atoms with Gasteiger partial charge >= 0.3 is 5.63 Å². The zero-order chi connectivity index (χ0) is 16.9. The molecule has 3 rings (SSSR count). The fourth-order valence-corrected chi connectivity index (χ4v) is 3.29. The molecular formula is C18H19NO4S. The number of piperidine rings is 1. The van der Waals surface area contributed by atoms with Crippen LogP contribution < -0.4 is 10.4 Å². The largest absolute Gasteiger partial charge is 0.490 e. The molecule has 24 heavy (non-hydrogen) atoms. The lowest BCUT2D eigenvalue weighted by Gasteiger charge is -2.31. The van der Waals surface area contributed by atoms with Crippen molar-refractivity contribution in [1.29, 1.82) is 0 Å². The quantitative estimate of drug-likeness (QED) is 0.799. The summed E-state index contributed by atoms with van der Waals surface area (Å²) < 4.78 is 10.8. The van der Waals surface area contributed by atoms with Gasteiger partial charge in [0.05, 0.1) is 6.07 Å². The molecule has 3 heterocycles. The molecule has 0 unspecified atom stereocenters. The summed E-state index contributed by atoms with van der Waals surface area (Å²) in [5, 5.41) is 1.98. The maximum absolute atomic E-state index is 12.2. The standard InChI is InChI=1S/C18H19NO4S/c1-13-11-15(12-18(21)22-13)23-14-6-8-19(9-7-14)17(20)5-4-16-3-2-10-24-16/h2-5,10-12,14H,6-9H2,1H3/b5-4+. The topological polar surface area (TPSA) is 59.8 Å². The number of hydrogen-bond donors (Lipinski definition) is 0. The number of aryl methyl sites for hydroxylation is 1. The Hall–Kier alpha value is -2.34. The van der Waals surface area contributed by atoms with E-state index in [0.717, 1.165) is 17.7 Å². The Morgan fingerprint density at radius 1 is 1.38 bits per heavy atom. The monoisotopic (exact) mass is 345 g/mol. The lowest BCUT2D eigenvalue weighted by molar-refractivity contribution is -0.127. The highest BCUT2D eigenvalue weighted by molar-refractivity contribution is 7.10. The summed E-state index contributed by atoms with van der Waals surface area (Å²) in [6.07, 6.45) is 4.98. The van der Waals surface area contributed by atoms with Gasteiger partial charge in [-0.05, 0) is 24.4 Å². The first-order valence-corrected chi connectivity index (χ1v) is 8.77. The number of hydrogen-bond acceptors (Lipinski definition) is 5. The van der Waals surface area contributed by atoms with E-state index in [9.17, 15) is 9.59 Å². The van der Waals surface area contributed by atoms with Gasteiger partial charge in [0.1, 0.15) is 17.6 Å². The first-order valence-electron chi connectivity index (χ1n) is 7.89. The fourth-order valence-electron chi connectivity index (χ4n) is 2.68. The molecule has 126 valence electrons. The lowest BCUT2D eigenvalue weighted by atomic mass is 10.1. The van der Waals surface area contributed by atoms with Crippen LogP contribution in [0, 0.1) is 6.92 Å². The highest BCUT2D eigenvalue weighted by Gasteiger charge is 2.23. The van der Waals surface area contributed by atoms with E-state index in [4.69, 9.17) is 9.15 Å². The number of amides is 1. The first kappa shape index (κ1) is 16.5. The zero-order valence-corrected chi connectivity index (χ0v) is 14.3. The Labute approximate surface area is 144 Å². The molecule has 1 fully saturated rings.